The zero-order valence-corrected chi connectivity index (χ0v) is 42.4. The predicted molar refractivity (Wildman–Crippen MR) is 267 cm³/mol. The van der Waals surface area contributed by atoms with Crippen LogP contribution in [0.25, 0.3) is 0 Å². The largest absolute Gasteiger partial charge is 0.464 e. The van der Waals surface area contributed by atoms with Crippen LogP contribution < -0.4 is 0 Å². The molecule has 0 heterocycles. The average Bonchev–Trinajstić information content (AvgIpc) is 3.29. The van der Waals surface area contributed by atoms with Crippen LogP contribution in [-0.2, 0) is 19.1 Å². The summed E-state index contributed by atoms with van der Waals surface area (Å²) in [5, 5.41) is 41.0. The van der Waals surface area contributed by atoms with E-state index < -0.39 is 45.5 Å². The first-order chi connectivity index (χ1) is 32.6. The van der Waals surface area contributed by atoms with E-state index in [1.807, 2.05) is 23.9 Å². The molecule has 14 heteroatoms. The Balaban J connectivity index is 1.24. The van der Waals surface area contributed by atoms with Gasteiger partial charge in [-0.1, -0.05) is 110 Å². The lowest BCUT2D eigenvalue weighted by Crippen LogP contribution is -2.32. The van der Waals surface area contributed by atoms with Gasteiger partial charge in [0.2, 0.25) is 0 Å². The van der Waals surface area contributed by atoms with Crippen molar-refractivity contribution in [3.05, 3.63) is 142 Å². The van der Waals surface area contributed by atoms with Crippen LogP contribution in [0.15, 0.2) is 97.1 Å². The number of Topliss-reactive ketones (excluding diaryl/α,β-unsaturated/α-hetero) is 4. The molecular weight excluding hydrogens is 893 g/mol. The van der Waals surface area contributed by atoms with Crippen molar-refractivity contribution < 1.29 is 58.7 Å². The number of esters is 2. The Morgan fingerprint density at radius 2 is 0.614 bits per heavy atom. The number of nitrogens with zero attached hydrogens (tertiary/aromatic N) is 2. The van der Waals surface area contributed by atoms with Gasteiger partial charge in [0.25, 0.3) is 0 Å². The Morgan fingerprint density at radius 3 is 0.814 bits per heavy atom. The monoisotopic (exact) mass is 965 g/mol. The van der Waals surface area contributed by atoms with Crippen LogP contribution in [0.3, 0.4) is 0 Å². The van der Waals surface area contributed by atoms with Crippen molar-refractivity contribution in [1.29, 1.82) is 0 Å². The van der Waals surface area contributed by atoms with E-state index in [-0.39, 0.29) is 50.1 Å². The summed E-state index contributed by atoms with van der Waals surface area (Å²) in [6.45, 7) is 12.4. The first kappa shape index (κ1) is 56.8. The number of benzene rings is 4. The summed E-state index contributed by atoms with van der Waals surface area (Å²) >= 11 is 0. The van der Waals surface area contributed by atoms with Gasteiger partial charge in [-0.05, 0) is 105 Å². The first-order valence-electron chi connectivity index (χ1n) is 23.8. The maximum Gasteiger partial charge on any atom is 0.305 e. The molecule has 0 aromatic heterocycles. The summed E-state index contributed by atoms with van der Waals surface area (Å²) in [5.74, 6) is -2.33. The van der Waals surface area contributed by atoms with E-state index in [4.69, 9.17) is 9.47 Å². The van der Waals surface area contributed by atoms with Crippen LogP contribution in [0.2, 0.25) is 0 Å². The van der Waals surface area contributed by atoms with Gasteiger partial charge in [-0.25, -0.2) is 0 Å². The lowest BCUT2D eigenvalue weighted by Gasteiger charge is -2.29. The SMILES string of the molecule is CN(CCOC(=O)CCCCCCC(=O)OCCN(C)C(c1ccc(C(=O)C(C)(C)O)cc1)c1ccc(C(=O)C(C)(C)O)cc1)C(c1ccc(C(=O)C(C)(C)O)cc1)c1ccc(C(=O)C(C)(C)O)cc1. The minimum absolute atomic E-state index is 0.116. The molecule has 4 aromatic rings. The lowest BCUT2D eigenvalue weighted by molar-refractivity contribution is -0.145. The summed E-state index contributed by atoms with van der Waals surface area (Å²) in [6, 6.07) is 27.0. The molecule has 0 saturated heterocycles. The fourth-order valence-electron chi connectivity index (χ4n) is 7.98. The zero-order valence-electron chi connectivity index (χ0n) is 42.4. The highest BCUT2D eigenvalue weighted by Gasteiger charge is 2.30. The third-order valence-corrected chi connectivity index (χ3v) is 12.0. The second kappa shape index (κ2) is 24.4. The molecule has 0 unspecified atom stereocenters. The Hall–Kier alpha value is -5.74. The van der Waals surface area contributed by atoms with Crippen molar-refractivity contribution in [2.24, 2.45) is 0 Å². The van der Waals surface area contributed by atoms with Crippen molar-refractivity contribution in [3.63, 3.8) is 0 Å². The molecule has 0 radical (unpaired) electrons. The summed E-state index contributed by atoms with van der Waals surface area (Å²) in [6.07, 6.45) is 3.04. The van der Waals surface area contributed by atoms with Gasteiger partial charge >= 0.3 is 11.9 Å². The van der Waals surface area contributed by atoms with Gasteiger partial charge in [-0.2, -0.15) is 0 Å². The Kier molecular flexibility index (Phi) is 19.8. The van der Waals surface area contributed by atoms with Gasteiger partial charge in [-0.15, -0.1) is 0 Å². The van der Waals surface area contributed by atoms with Crippen molar-refractivity contribution in [2.45, 2.75) is 128 Å². The van der Waals surface area contributed by atoms with E-state index in [0.29, 0.717) is 61.0 Å². The van der Waals surface area contributed by atoms with Crippen molar-refractivity contribution in [2.75, 3.05) is 40.4 Å². The summed E-state index contributed by atoms with van der Waals surface area (Å²) in [4.78, 5) is 80.3. The third-order valence-electron chi connectivity index (χ3n) is 12.0. The van der Waals surface area contributed by atoms with Crippen LogP contribution in [0, 0.1) is 0 Å². The molecule has 4 N–H and O–H groups in total. The smallest absolute Gasteiger partial charge is 0.305 e. The van der Waals surface area contributed by atoms with E-state index in [2.05, 4.69) is 0 Å². The fourth-order valence-corrected chi connectivity index (χ4v) is 7.98. The van der Waals surface area contributed by atoms with Gasteiger partial charge < -0.3 is 29.9 Å². The fraction of sp³-hybridized carbons (Fsp3) is 0.464. The number of hydrogen-bond acceptors (Lipinski definition) is 14. The zero-order chi connectivity index (χ0) is 52.2. The number of likely N-dealkylation sites (N-methyl/N-ethyl adjacent to an activating group) is 2. The van der Waals surface area contributed by atoms with Gasteiger partial charge in [0.15, 0.2) is 23.1 Å². The van der Waals surface area contributed by atoms with E-state index in [1.165, 1.54) is 55.4 Å². The molecule has 4 rings (SSSR count). The van der Waals surface area contributed by atoms with Crippen molar-refractivity contribution in [1.82, 2.24) is 9.80 Å². The minimum Gasteiger partial charge on any atom is -0.464 e. The Bertz CT molecular complexity index is 2090. The van der Waals surface area contributed by atoms with Crippen LogP contribution in [0.1, 0.15) is 170 Å². The van der Waals surface area contributed by atoms with E-state index in [1.54, 1.807) is 97.1 Å². The molecule has 4 aromatic carbocycles. The lowest BCUT2D eigenvalue weighted by atomic mass is 9.91. The highest BCUT2D eigenvalue weighted by Crippen LogP contribution is 2.31. The highest BCUT2D eigenvalue weighted by atomic mass is 16.5. The number of carbonyl (C=O) groups is 6. The molecule has 378 valence electrons. The summed E-state index contributed by atoms with van der Waals surface area (Å²) in [5.41, 5.74) is -1.37. The van der Waals surface area contributed by atoms with Gasteiger partial charge in [0, 0.05) is 48.2 Å². The molecule has 0 aliphatic heterocycles. The molecule has 14 nitrogen and oxygen atoms in total. The summed E-state index contributed by atoms with van der Waals surface area (Å²) < 4.78 is 11.2. The van der Waals surface area contributed by atoms with Crippen molar-refractivity contribution in [3.8, 4) is 0 Å². The van der Waals surface area contributed by atoms with Crippen LogP contribution in [0.4, 0.5) is 0 Å². The predicted octanol–water partition coefficient (Wildman–Crippen LogP) is 7.67. The van der Waals surface area contributed by atoms with E-state index in [9.17, 15) is 49.2 Å². The van der Waals surface area contributed by atoms with Crippen molar-refractivity contribution >= 4 is 35.1 Å². The maximum absolute atomic E-state index is 12.7. The molecule has 0 aliphatic rings. The van der Waals surface area contributed by atoms with E-state index >= 15 is 0 Å². The second-order valence-corrected chi connectivity index (χ2v) is 20.2. The van der Waals surface area contributed by atoms with Crippen LogP contribution >= 0.6 is 0 Å². The number of carbonyl (C=O) groups excluding carboxylic acids is 6. The Morgan fingerprint density at radius 1 is 0.400 bits per heavy atom. The molecule has 0 spiro atoms. The Labute approximate surface area is 412 Å². The number of hydrogen-bond donors (Lipinski definition) is 4. The molecule has 70 heavy (non-hydrogen) atoms. The number of aliphatic hydroxyl groups is 4. The molecule has 0 amide bonds. The third kappa shape index (κ3) is 16.4. The normalized spacial score (nSPS) is 12.4. The van der Waals surface area contributed by atoms with Crippen LogP contribution in [0.5, 0.6) is 0 Å². The topological polar surface area (TPSA) is 208 Å². The molecule has 0 bridgehead atoms. The van der Waals surface area contributed by atoms with Gasteiger partial charge in [0.1, 0.15) is 35.6 Å². The minimum atomic E-state index is -1.53. The number of ether oxygens (including phenoxy) is 2. The summed E-state index contributed by atoms with van der Waals surface area (Å²) in [7, 11) is 3.76. The standard InChI is InChI=1S/C56H72N2O12/c1-53(2,65)49(61)41-25-17-37(18-26-41)47(38-19-27-42(28-20-38)50(62)54(3,4)66)57(9)33-35-69-45(59)15-13-11-12-14-16-46(60)70-36-34-58(10)48(39-21-29-43(30-22-39)51(63)55(5,6)67)40-23-31-44(32-24-40)52(64)56(7,8)68/h17-32,47-48,65-68H,11-16,33-36H2,1-10H3. The van der Waals surface area contributed by atoms with E-state index in [0.717, 1.165) is 22.3 Å². The number of ketones is 4. The highest BCUT2D eigenvalue weighted by molar-refractivity contribution is 6.03. The maximum atomic E-state index is 12.7. The molecule has 0 saturated carbocycles. The quantitative estimate of drug-likeness (QED) is 0.0257. The average molecular weight is 965 g/mol. The van der Waals surface area contributed by atoms with Gasteiger partial charge in [0.05, 0.1) is 12.1 Å². The first-order valence-corrected chi connectivity index (χ1v) is 23.8. The molecule has 0 aliphatic carbocycles. The molecule has 0 atom stereocenters. The number of rotatable bonds is 27. The second-order valence-electron chi connectivity index (χ2n) is 20.2. The van der Waals surface area contributed by atoms with Crippen LogP contribution in [-0.4, -0.2) is 128 Å². The van der Waals surface area contributed by atoms with Gasteiger partial charge in [-0.3, -0.25) is 38.6 Å². The number of unbranched alkanes of at least 4 members (excludes halogenated alkanes) is 3. The molecule has 0 fully saturated rings. The molecular formula is C56H72N2O12.